The zero-order valence-corrected chi connectivity index (χ0v) is 12.3. The van der Waals surface area contributed by atoms with Crippen molar-refractivity contribution in [1.82, 2.24) is 0 Å². The van der Waals surface area contributed by atoms with Crippen LogP contribution in [0, 0.1) is 0 Å². The summed E-state index contributed by atoms with van der Waals surface area (Å²) in [7, 11) is 2.18. The minimum absolute atomic E-state index is 0.0984. The lowest BCUT2D eigenvalue weighted by atomic mass is 9.95. The van der Waals surface area contributed by atoms with E-state index >= 15 is 0 Å². The Morgan fingerprint density at radius 1 is 1.05 bits per heavy atom. The second kappa shape index (κ2) is 5.29. The number of aryl methyl sites for hydroxylation is 1. The fraction of sp³-hybridized carbons (Fsp3) is 0.333. The highest BCUT2D eigenvalue weighted by Crippen LogP contribution is 2.31. The molecule has 0 aromatic heterocycles. The highest BCUT2D eigenvalue weighted by Gasteiger charge is 2.14. The highest BCUT2D eigenvalue weighted by atomic mass is 15.1. The van der Waals surface area contributed by atoms with Crippen LogP contribution in [0.4, 0.5) is 5.69 Å². The summed E-state index contributed by atoms with van der Waals surface area (Å²) >= 11 is 0. The standard InChI is InChI=1S/C18H22N2/c1-13(19)14-5-7-15(8-6-14)16-9-10-18-17(12-16)4-3-11-20(18)2/h5-10,12-13H,3-4,11,19H2,1-2H3. The molecule has 0 radical (unpaired) electrons. The van der Waals surface area contributed by atoms with Gasteiger partial charge in [-0.25, -0.2) is 0 Å². The molecule has 1 aliphatic heterocycles. The van der Waals surface area contributed by atoms with E-state index in [4.69, 9.17) is 5.73 Å². The van der Waals surface area contributed by atoms with Crippen molar-refractivity contribution in [2.75, 3.05) is 18.5 Å². The summed E-state index contributed by atoms with van der Waals surface area (Å²) < 4.78 is 0. The molecular formula is C18H22N2. The third kappa shape index (κ3) is 2.44. The first-order valence-electron chi connectivity index (χ1n) is 7.35. The molecule has 0 spiro atoms. The number of hydrogen-bond donors (Lipinski definition) is 1. The highest BCUT2D eigenvalue weighted by molar-refractivity contribution is 5.69. The summed E-state index contributed by atoms with van der Waals surface area (Å²) in [6.07, 6.45) is 2.43. The maximum atomic E-state index is 5.90. The Morgan fingerprint density at radius 2 is 1.75 bits per heavy atom. The molecule has 0 aliphatic carbocycles. The molecule has 1 aliphatic rings. The van der Waals surface area contributed by atoms with Gasteiger partial charge in [0.05, 0.1) is 0 Å². The van der Waals surface area contributed by atoms with Gasteiger partial charge in [-0.15, -0.1) is 0 Å². The van der Waals surface area contributed by atoms with Gasteiger partial charge < -0.3 is 10.6 Å². The second-order valence-electron chi connectivity index (χ2n) is 5.78. The van der Waals surface area contributed by atoms with Crippen LogP contribution in [0.2, 0.25) is 0 Å². The summed E-state index contributed by atoms with van der Waals surface area (Å²) in [6.45, 7) is 3.18. The van der Waals surface area contributed by atoms with Gasteiger partial charge in [0.1, 0.15) is 0 Å². The van der Waals surface area contributed by atoms with E-state index in [1.165, 1.54) is 40.8 Å². The van der Waals surface area contributed by atoms with Crippen molar-refractivity contribution in [3.05, 3.63) is 53.6 Å². The molecule has 104 valence electrons. The third-order valence-electron chi connectivity index (χ3n) is 4.20. The lowest BCUT2D eigenvalue weighted by molar-refractivity contribution is 0.745. The van der Waals surface area contributed by atoms with Crippen molar-refractivity contribution >= 4 is 5.69 Å². The zero-order valence-electron chi connectivity index (χ0n) is 12.3. The molecule has 1 unspecified atom stereocenters. The Bertz CT molecular complexity index is 599. The number of rotatable bonds is 2. The van der Waals surface area contributed by atoms with Crippen LogP contribution in [0.25, 0.3) is 11.1 Å². The predicted molar refractivity (Wildman–Crippen MR) is 86.1 cm³/mol. The Morgan fingerprint density at radius 3 is 2.45 bits per heavy atom. The molecule has 3 rings (SSSR count). The normalized spacial score (nSPS) is 15.8. The molecule has 0 bridgehead atoms. The molecule has 0 fully saturated rings. The molecule has 2 aromatic carbocycles. The van der Waals surface area contributed by atoms with Crippen molar-refractivity contribution in [2.45, 2.75) is 25.8 Å². The molecule has 2 aromatic rings. The quantitative estimate of drug-likeness (QED) is 0.897. The molecule has 1 atom stereocenters. The molecule has 0 saturated heterocycles. The van der Waals surface area contributed by atoms with Gasteiger partial charge in [0, 0.05) is 25.3 Å². The summed E-state index contributed by atoms with van der Waals surface area (Å²) in [5.74, 6) is 0. The van der Waals surface area contributed by atoms with E-state index in [0.717, 1.165) is 6.54 Å². The Labute approximate surface area is 121 Å². The van der Waals surface area contributed by atoms with Crippen LogP contribution in [0.1, 0.15) is 30.5 Å². The van der Waals surface area contributed by atoms with Gasteiger partial charge >= 0.3 is 0 Å². The van der Waals surface area contributed by atoms with Crippen LogP contribution in [-0.4, -0.2) is 13.6 Å². The topological polar surface area (TPSA) is 29.3 Å². The first-order chi connectivity index (χ1) is 9.65. The largest absolute Gasteiger partial charge is 0.374 e. The number of benzene rings is 2. The van der Waals surface area contributed by atoms with Crippen LogP contribution < -0.4 is 10.6 Å². The van der Waals surface area contributed by atoms with E-state index in [9.17, 15) is 0 Å². The molecule has 1 heterocycles. The predicted octanol–water partition coefficient (Wildman–Crippen LogP) is 3.76. The average Bonchev–Trinajstić information content (AvgIpc) is 2.47. The molecule has 20 heavy (non-hydrogen) atoms. The lowest BCUT2D eigenvalue weighted by Crippen LogP contribution is -2.24. The lowest BCUT2D eigenvalue weighted by Gasteiger charge is -2.27. The van der Waals surface area contributed by atoms with E-state index in [-0.39, 0.29) is 6.04 Å². The van der Waals surface area contributed by atoms with E-state index in [0.29, 0.717) is 0 Å². The van der Waals surface area contributed by atoms with Crippen molar-refractivity contribution in [3.63, 3.8) is 0 Å². The van der Waals surface area contributed by atoms with Crippen molar-refractivity contribution in [3.8, 4) is 11.1 Å². The van der Waals surface area contributed by atoms with Gasteiger partial charge in [-0.2, -0.15) is 0 Å². The van der Waals surface area contributed by atoms with Crippen LogP contribution in [0.15, 0.2) is 42.5 Å². The average molecular weight is 266 g/mol. The van der Waals surface area contributed by atoms with Gasteiger partial charge in [0.2, 0.25) is 0 Å². The minimum Gasteiger partial charge on any atom is -0.374 e. The summed E-state index contributed by atoms with van der Waals surface area (Å²) in [4.78, 5) is 2.35. The number of fused-ring (bicyclic) bond motifs is 1. The first-order valence-corrected chi connectivity index (χ1v) is 7.35. The van der Waals surface area contributed by atoms with E-state index in [1.807, 2.05) is 6.92 Å². The van der Waals surface area contributed by atoms with E-state index < -0.39 is 0 Å². The smallest absolute Gasteiger partial charge is 0.0396 e. The molecule has 2 heteroatoms. The summed E-state index contributed by atoms with van der Waals surface area (Å²) in [5.41, 5.74) is 12.5. The molecule has 0 saturated carbocycles. The monoisotopic (exact) mass is 266 g/mol. The van der Waals surface area contributed by atoms with Gasteiger partial charge in [-0.3, -0.25) is 0 Å². The Hall–Kier alpha value is -1.80. The number of anilines is 1. The number of nitrogens with two attached hydrogens (primary N) is 1. The maximum absolute atomic E-state index is 5.90. The van der Waals surface area contributed by atoms with Gasteiger partial charge in [-0.05, 0) is 54.2 Å². The van der Waals surface area contributed by atoms with Crippen LogP contribution >= 0.6 is 0 Å². The molecular weight excluding hydrogens is 244 g/mol. The summed E-state index contributed by atoms with van der Waals surface area (Å²) in [6, 6.07) is 15.5. The maximum Gasteiger partial charge on any atom is 0.0396 e. The van der Waals surface area contributed by atoms with Crippen molar-refractivity contribution in [2.24, 2.45) is 5.73 Å². The Balaban J connectivity index is 1.94. The van der Waals surface area contributed by atoms with Crippen molar-refractivity contribution < 1.29 is 0 Å². The molecule has 0 amide bonds. The third-order valence-corrected chi connectivity index (χ3v) is 4.20. The number of nitrogens with zero attached hydrogens (tertiary/aromatic N) is 1. The van der Waals surface area contributed by atoms with Crippen LogP contribution in [0.3, 0.4) is 0 Å². The zero-order chi connectivity index (χ0) is 14.1. The van der Waals surface area contributed by atoms with Crippen LogP contribution in [0.5, 0.6) is 0 Å². The van der Waals surface area contributed by atoms with Gasteiger partial charge in [-0.1, -0.05) is 30.3 Å². The fourth-order valence-corrected chi connectivity index (χ4v) is 2.94. The SMILES string of the molecule is CC(N)c1ccc(-c2ccc3c(c2)CCCN3C)cc1. The summed E-state index contributed by atoms with van der Waals surface area (Å²) in [5, 5.41) is 0. The van der Waals surface area contributed by atoms with Crippen LogP contribution in [-0.2, 0) is 6.42 Å². The second-order valence-corrected chi connectivity index (χ2v) is 5.78. The van der Waals surface area contributed by atoms with Gasteiger partial charge in [0.25, 0.3) is 0 Å². The molecule has 2 N–H and O–H groups in total. The van der Waals surface area contributed by atoms with Crippen molar-refractivity contribution in [1.29, 1.82) is 0 Å². The molecule has 2 nitrogen and oxygen atoms in total. The van der Waals surface area contributed by atoms with Gasteiger partial charge in [0.15, 0.2) is 0 Å². The number of hydrogen-bond acceptors (Lipinski definition) is 2. The Kier molecular flexibility index (Phi) is 3.49. The minimum atomic E-state index is 0.0984. The fourth-order valence-electron chi connectivity index (χ4n) is 2.94. The first kappa shape index (κ1) is 13.2. The van der Waals surface area contributed by atoms with E-state index in [2.05, 4.69) is 54.4 Å². The van der Waals surface area contributed by atoms with E-state index in [1.54, 1.807) is 0 Å².